The van der Waals surface area contributed by atoms with Gasteiger partial charge in [0, 0.05) is 36.5 Å². The first-order valence-corrected chi connectivity index (χ1v) is 14.5. The molecule has 3 fully saturated rings. The van der Waals surface area contributed by atoms with E-state index in [-0.39, 0.29) is 5.92 Å². The molecule has 3 unspecified atom stereocenters. The zero-order valence-corrected chi connectivity index (χ0v) is 21.0. The number of aromatic nitrogens is 2. The minimum absolute atomic E-state index is 0.266. The van der Waals surface area contributed by atoms with Gasteiger partial charge in [-0.3, -0.25) is 4.90 Å². The lowest BCUT2D eigenvalue weighted by molar-refractivity contribution is -0.130. The van der Waals surface area contributed by atoms with Crippen LogP contribution in [0.2, 0.25) is 0 Å². The molecule has 2 aliphatic heterocycles. The zero-order chi connectivity index (χ0) is 25.3. The second kappa shape index (κ2) is 10.4. The van der Waals surface area contributed by atoms with E-state index < -0.39 is 34.4 Å². The fourth-order valence-corrected chi connectivity index (χ4v) is 7.17. The number of hydrogen-bond acceptors (Lipinski definition) is 6. The summed E-state index contributed by atoms with van der Waals surface area (Å²) in [6.07, 6.45) is 2.08. The van der Waals surface area contributed by atoms with E-state index in [1.165, 1.54) is 6.42 Å². The van der Waals surface area contributed by atoms with E-state index in [1.54, 1.807) is 0 Å². The molecule has 36 heavy (non-hydrogen) atoms. The number of hydrogen-bond donors (Lipinski definition) is 1. The monoisotopic (exact) mass is 526 g/mol. The van der Waals surface area contributed by atoms with Crippen LogP contribution in [0, 0.1) is 0 Å². The van der Waals surface area contributed by atoms with E-state index >= 15 is 0 Å². The highest BCUT2D eigenvalue weighted by atomic mass is 32.2. The molecule has 3 atom stereocenters. The molecule has 2 aromatic rings. The maximum absolute atomic E-state index is 12.6. The predicted octanol–water partition coefficient (Wildman–Crippen LogP) is 5.05. The van der Waals surface area contributed by atoms with Gasteiger partial charge >= 0.3 is 6.18 Å². The average Bonchev–Trinajstić information content (AvgIpc) is 3.36. The van der Waals surface area contributed by atoms with Gasteiger partial charge in [-0.1, -0.05) is 41.9 Å². The van der Waals surface area contributed by atoms with Gasteiger partial charge < -0.3 is 4.52 Å². The third kappa shape index (κ3) is 6.11. The van der Waals surface area contributed by atoms with Crippen LogP contribution in [0.5, 0.6) is 0 Å². The minimum atomic E-state index is -4.52. The summed E-state index contributed by atoms with van der Waals surface area (Å²) in [5.74, 6) is 1.30. The van der Waals surface area contributed by atoms with Crippen LogP contribution in [0.25, 0.3) is 0 Å². The highest BCUT2D eigenvalue weighted by Crippen LogP contribution is 2.43. The van der Waals surface area contributed by atoms with Gasteiger partial charge in [-0.25, -0.2) is 13.1 Å². The topological polar surface area (TPSA) is 88.3 Å². The van der Waals surface area contributed by atoms with Crippen molar-refractivity contribution in [3.63, 3.8) is 0 Å². The van der Waals surface area contributed by atoms with Crippen LogP contribution in [-0.2, 0) is 10.0 Å². The summed E-state index contributed by atoms with van der Waals surface area (Å²) >= 11 is 0. The zero-order valence-electron chi connectivity index (χ0n) is 20.2. The minimum Gasteiger partial charge on any atom is -0.339 e. The number of sulfonamides is 1. The summed E-state index contributed by atoms with van der Waals surface area (Å²) in [5.41, 5.74) is 0.755. The molecule has 0 amide bonds. The molecule has 1 aromatic carbocycles. The fraction of sp³-hybridized carbons (Fsp3) is 0.680. The smallest absolute Gasteiger partial charge is 0.339 e. The Morgan fingerprint density at radius 3 is 2.36 bits per heavy atom. The molecule has 3 heterocycles. The second-order valence-electron chi connectivity index (χ2n) is 10.5. The molecule has 5 rings (SSSR count). The lowest BCUT2D eigenvalue weighted by Crippen LogP contribution is -2.44. The second-order valence-corrected chi connectivity index (χ2v) is 12.3. The molecule has 0 radical (unpaired) electrons. The van der Waals surface area contributed by atoms with Gasteiger partial charge in [0.25, 0.3) is 0 Å². The van der Waals surface area contributed by atoms with E-state index in [9.17, 15) is 21.6 Å². The van der Waals surface area contributed by atoms with Gasteiger partial charge in [-0.05, 0) is 50.5 Å². The van der Waals surface area contributed by atoms with Gasteiger partial charge in [-0.2, -0.15) is 18.2 Å². The quantitative estimate of drug-likeness (QED) is 0.466. The number of piperidine rings is 1. The molecule has 198 valence electrons. The SMILES string of the molecule is O=S(=O)(CCC(F)(F)F)NC(CCN1C2CCC1CC(c1noc(C3CCC3)n1)C2)c1ccccc1. The lowest BCUT2D eigenvalue weighted by atomic mass is 9.85. The maximum Gasteiger partial charge on any atom is 0.390 e. The molecule has 7 nitrogen and oxygen atoms in total. The van der Waals surface area contributed by atoms with Crippen LogP contribution in [0.15, 0.2) is 34.9 Å². The van der Waals surface area contributed by atoms with E-state index in [1.807, 2.05) is 30.3 Å². The average molecular weight is 527 g/mol. The van der Waals surface area contributed by atoms with Crippen LogP contribution < -0.4 is 4.72 Å². The van der Waals surface area contributed by atoms with Crippen molar-refractivity contribution in [1.82, 2.24) is 19.8 Å². The van der Waals surface area contributed by atoms with E-state index in [4.69, 9.17) is 9.51 Å². The molecule has 1 aliphatic carbocycles. The van der Waals surface area contributed by atoms with Crippen molar-refractivity contribution in [2.24, 2.45) is 0 Å². The first kappa shape index (κ1) is 25.7. The maximum atomic E-state index is 12.6. The highest BCUT2D eigenvalue weighted by molar-refractivity contribution is 7.89. The van der Waals surface area contributed by atoms with Gasteiger partial charge in [0.05, 0.1) is 12.2 Å². The molecule has 1 aromatic heterocycles. The number of alkyl halides is 3. The Kier molecular flexibility index (Phi) is 7.42. The van der Waals surface area contributed by atoms with E-state index in [2.05, 4.69) is 14.8 Å². The Bertz CT molecular complexity index is 1110. The van der Waals surface area contributed by atoms with Crippen molar-refractivity contribution >= 4 is 10.0 Å². The molecule has 3 aliphatic rings. The molecular formula is C25H33F3N4O3S. The number of fused-ring (bicyclic) bond motifs is 2. The first-order chi connectivity index (χ1) is 17.2. The van der Waals surface area contributed by atoms with Crippen molar-refractivity contribution in [1.29, 1.82) is 0 Å². The standard InChI is InChI=1S/C25H33F3N4O3S/c26-25(27,28)12-14-36(33,34)31-22(17-5-2-1-3-6-17)11-13-32-20-9-10-21(32)16-19(15-20)23-29-24(35-30-23)18-7-4-8-18/h1-3,5-6,18-22,31H,4,7-16H2. The van der Waals surface area contributed by atoms with Crippen molar-refractivity contribution in [2.75, 3.05) is 12.3 Å². The van der Waals surface area contributed by atoms with Gasteiger partial charge in [-0.15, -0.1) is 0 Å². The Labute approximate surface area is 209 Å². The van der Waals surface area contributed by atoms with Crippen LogP contribution in [0.1, 0.15) is 92.9 Å². The number of nitrogens with zero attached hydrogens (tertiary/aromatic N) is 3. The van der Waals surface area contributed by atoms with Crippen molar-refractivity contribution < 1.29 is 26.1 Å². The largest absolute Gasteiger partial charge is 0.390 e. The van der Waals surface area contributed by atoms with Crippen molar-refractivity contribution in [3.8, 4) is 0 Å². The van der Waals surface area contributed by atoms with Crippen molar-refractivity contribution in [3.05, 3.63) is 47.6 Å². The Balaban J connectivity index is 1.22. The summed E-state index contributed by atoms with van der Waals surface area (Å²) < 4.78 is 70.9. The van der Waals surface area contributed by atoms with Gasteiger partial charge in [0.2, 0.25) is 15.9 Å². The summed E-state index contributed by atoms with van der Waals surface area (Å²) in [4.78, 5) is 7.16. The fourth-order valence-electron chi connectivity index (χ4n) is 5.87. The predicted molar refractivity (Wildman–Crippen MR) is 128 cm³/mol. The number of benzene rings is 1. The molecule has 2 bridgehead atoms. The number of nitrogens with one attached hydrogen (secondary N) is 1. The highest BCUT2D eigenvalue weighted by Gasteiger charge is 2.43. The Morgan fingerprint density at radius 1 is 1.06 bits per heavy atom. The third-order valence-electron chi connectivity index (χ3n) is 8.02. The lowest BCUT2D eigenvalue weighted by Gasteiger charge is -2.38. The van der Waals surface area contributed by atoms with Crippen molar-refractivity contribution in [2.45, 2.75) is 93.9 Å². The molecule has 11 heteroatoms. The Hall–Kier alpha value is -1.98. The first-order valence-electron chi connectivity index (χ1n) is 12.9. The normalized spacial score (nSPS) is 26.1. The Morgan fingerprint density at radius 2 is 1.75 bits per heavy atom. The number of rotatable bonds is 10. The summed E-state index contributed by atoms with van der Waals surface area (Å²) in [6.45, 7) is 0.670. The molecule has 1 N–H and O–H groups in total. The van der Waals surface area contributed by atoms with Crippen LogP contribution in [0.3, 0.4) is 0 Å². The molecule has 0 spiro atoms. The van der Waals surface area contributed by atoms with E-state index in [0.717, 1.165) is 55.8 Å². The van der Waals surface area contributed by atoms with Crippen LogP contribution >= 0.6 is 0 Å². The third-order valence-corrected chi connectivity index (χ3v) is 9.40. The molecule has 2 saturated heterocycles. The van der Waals surface area contributed by atoms with Gasteiger partial charge in [0.1, 0.15) is 0 Å². The number of halogens is 3. The van der Waals surface area contributed by atoms with Gasteiger partial charge in [0.15, 0.2) is 5.82 Å². The van der Waals surface area contributed by atoms with Crippen LogP contribution in [0.4, 0.5) is 13.2 Å². The summed E-state index contributed by atoms with van der Waals surface area (Å²) in [7, 11) is -4.09. The van der Waals surface area contributed by atoms with Crippen LogP contribution in [-0.4, -0.2) is 54.0 Å². The molecular weight excluding hydrogens is 493 g/mol. The summed E-state index contributed by atoms with van der Waals surface area (Å²) in [6, 6.07) is 9.22. The van der Waals surface area contributed by atoms with E-state index in [0.29, 0.717) is 31.0 Å². The summed E-state index contributed by atoms with van der Waals surface area (Å²) in [5, 5.41) is 4.29. The molecule has 1 saturated carbocycles.